The van der Waals surface area contributed by atoms with Crippen LogP contribution in [0.4, 0.5) is 5.69 Å². The predicted octanol–water partition coefficient (Wildman–Crippen LogP) is 2.45. The minimum Gasteiger partial charge on any atom is -0.326 e. The van der Waals surface area contributed by atoms with Crippen LogP contribution in [0.3, 0.4) is 0 Å². The fraction of sp³-hybridized carbons (Fsp3) is 0.375. The smallest absolute Gasteiger partial charge is 0.224 e. The van der Waals surface area contributed by atoms with E-state index in [9.17, 15) is 4.79 Å². The van der Waals surface area contributed by atoms with Crippen LogP contribution in [0.5, 0.6) is 0 Å². The highest BCUT2D eigenvalue weighted by Gasteiger charge is 2.16. The van der Waals surface area contributed by atoms with Gasteiger partial charge in [-0.3, -0.25) is 9.89 Å². The second kappa shape index (κ2) is 5.69. The quantitative estimate of drug-likeness (QED) is 0.807. The molecule has 0 fully saturated rings. The average Bonchev–Trinajstić information content (AvgIpc) is 2.89. The van der Waals surface area contributed by atoms with Crippen molar-refractivity contribution in [2.24, 2.45) is 0 Å². The zero-order chi connectivity index (χ0) is 14.8. The number of carbonyl (C=O) groups excluding carboxylic acids is 1. The number of benzene rings is 1. The lowest BCUT2D eigenvalue weighted by molar-refractivity contribution is -0.116. The summed E-state index contributed by atoms with van der Waals surface area (Å²) in [4.78, 5) is 11.4. The molecular weight excluding hydrogens is 264 g/mol. The summed E-state index contributed by atoms with van der Waals surface area (Å²) in [7, 11) is 0. The maximum absolute atomic E-state index is 11.4. The molecule has 0 unspecified atom stereocenters. The molecule has 0 aliphatic carbocycles. The number of nitrogens with zero attached hydrogens (tertiary/aromatic N) is 1. The van der Waals surface area contributed by atoms with Gasteiger partial charge in [0.1, 0.15) is 0 Å². The standard InChI is InChI=1S/C16H20N4O/c1-10(17-8-14-9-18-20-11(14)2)12-3-5-15-13(7-12)4-6-16(21)19-15/h3,5,7,9-10,17H,4,6,8H2,1-2H3,(H,18,20)(H,19,21)/t10-/m1/s1. The molecule has 1 aliphatic heterocycles. The van der Waals surface area contributed by atoms with E-state index in [1.807, 2.05) is 19.2 Å². The largest absolute Gasteiger partial charge is 0.326 e. The summed E-state index contributed by atoms with van der Waals surface area (Å²) in [5.41, 5.74) is 5.70. The topological polar surface area (TPSA) is 69.8 Å². The number of anilines is 1. The third-order valence-electron chi connectivity index (χ3n) is 4.06. The van der Waals surface area contributed by atoms with Gasteiger partial charge in [0.05, 0.1) is 6.20 Å². The van der Waals surface area contributed by atoms with E-state index in [0.29, 0.717) is 6.42 Å². The molecule has 21 heavy (non-hydrogen) atoms. The van der Waals surface area contributed by atoms with Crippen molar-refractivity contribution in [1.29, 1.82) is 0 Å². The normalized spacial score (nSPS) is 15.4. The van der Waals surface area contributed by atoms with Crippen LogP contribution < -0.4 is 10.6 Å². The van der Waals surface area contributed by atoms with Crippen molar-refractivity contribution < 1.29 is 4.79 Å². The molecule has 110 valence electrons. The summed E-state index contributed by atoms with van der Waals surface area (Å²) in [6.07, 6.45) is 3.26. The molecule has 5 heteroatoms. The van der Waals surface area contributed by atoms with E-state index in [-0.39, 0.29) is 11.9 Å². The summed E-state index contributed by atoms with van der Waals surface area (Å²) >= 11 is 0. The zero-order valence-electron chi connectivity index (χ0n) is 12.4. The first-order valence-corrected chi connectivity index (χ1v) is 7.28. The summed E-state index contributed by atoms with van der Waals surface area (Å²) < 4.78 is 0. The van der Waals surface area contributed by atoms with Crippen molar-refractivity contribution in [3.63, 3.8) is 0 Å². The van der Waals surface area contributed by atoms with Crippen LogP contribution >= 0.6 is 0 Å². The Balaban J connectivity index is 1.69. The molecule has 3 N–H and O–H groups in total. The lowest BCUT2D eigenvalue weighted by atomic mass is 9.97. The molecule has 0 spiro atoms. The van der Waals surface area contributed by atoms with Crippen LogP contribution in [-0.2, 0) is 17.8 Å². The predicted molar refractivity (Wildman–Crippen MR) is 82.0 cm³/mol. The monoisotopic (exact) mass is 284 g/mol. The Kier molecular flexibility index (Phi) is 3.75. The van der Waals surface area contributed by atoms with Crippen LogP contribution in [-0.4, -0.2) is 16.1 Å². The molecule has 1 aromatic carbocycles. The second-order valence-corrected chi connectivity index (χ2v) is 5.59. The van der Waals surface area contributed by atoms with E-state index in [1.165, 1.54) is 16.7 Å². The van der Waals surface area contributed by atoms with Gasteiger partial charge in [-0.25, -0.2) is 0 Å². The number of fused-ring (bicyclic) bond motifs is 1. The SMILES string of the molecule is Cc1[nH]ncc1CN[C@H](C)c1ccc2c(c1)CCC(=O)N2. The fourth-order valence-corrected chi connectivity index (χ4v) is 2.61. The molecule has 0 saturated heterocycles. The van der Waals surface area contributed by atoms with Crippen molar-refractivity contribution in [2.75, 3.05) is 5.32 Å². The number of aromatic nitrogens is 2. The first-order valence-electron chi connectivity index (χ1n) is 7.28. The Labute approximate surface area is 124 Å². The number of hydrogen-bond donors (Lipinski definition) is 3. The Hall–Kier alpha value is -2.14. The van der Waals surface area contributed by atoms with Gasteiger partial charge in [0.25, 0.3) is 0 Å². The summed E-state index contributed by atoms with van der Waals surface area (Å²) in [6, 6.07) is 6.52. The molecule has 2 aromatic rings. The molecule has 3 rings (SSSR count). The zero-order valence-corrected chi connectivity index (χ0v) is 12.4. The Morgan fingerprint density at radius 3 is 3.00 bits per heavy atom. The fourth-order valence-electron chi connectivity index (χ4n) is 2.61. The molecule has 5 nitrogen and oxygen atoms in total. The highest BCUT2D eigenvalue weighted by molar-refractivity contribution is 5.93. The third-order valence-corrected chi connectivity index (χ3v) is 4.06. The van der Waals surface area contributed by atoms with Crippen molar-refractivity contribution in [2.45, 2.75) is 39.3 Å². The minimum atomic E-state index is 0.108. The van der Waals surface area contributed by atoms with Crippen LogP contribution in [0.2, 0.25) is 0 Å². The highest BCUT2D eigenvalue weighted by atomic mass is 16.1. The van der Waals surface area contributed by atoms with Crippen LogP contribution in [0.25, 0.3) is 0 Å². The van der Waals surface area contributed by atoms with E-state index in [2.05, 4.69) is 39.9 Å². The van der Waals surface area contributed by atoms with Gasteiger partial charge in [0.15, 0.2) is 0 Å². The Bertz CT molecular complexity index is 662. The van der Waals surface area contributed by atoms with E-state index < -0.39 is 0 Å². The summed E-state index contributed by atoms with van der Waals surface area (Å²) in [5, 5.41) is 13.4. The lowest BCUT2D eigenvalue weighted by Gasteiger charge is -2.20. The van der Waals surface area contributed by atoms with Gasteiger partial charge in [-0.2, -0.15) is 5.10 Å². The van der Waals surface area contributed by atoms with Crippen molar-refractivity contribution in [3.05, 3.63) is 46.8 Å². The highest BCUT2D eigenvalue weighted by Crippen LogP contribution is 2.26. The molecule has 2 heterocycles. The van der Waals surface area contributed by atoms with Crippen LogP contribution in [0.1, 0.15) is 41.8 Å². The maximum atomic E-state index is 11.4. The molecule has 0 radical (unpaired) electrons. The van der Waals surface area contributed by atoms with Gasteiger partial charge in [0, 0.05) is 36.0 Å². The molecule has 0 bridgehead atoms. The number of amides is 1. The van der Waals surface area contributed by atoms with Gasteiger partial charge in [-0.1, -0.05) is 12.1 Å². The summed E-state index contributed by atoms with van der Waals surface area (Å²) in [5.74, 6) is 0.108. The van der Waals surface area contributed by atoms with Crippen LogP contribution in [0.15, 0.2) is 24.4 Å². The molecule has 1 aliphatic rings. The number of aryl methyl sites for hydroxylation is 2. The van der Waals surface area contributed by atoms with Crippen molar-refractivity contribution in [3.8, 4) is 0 Å². The van der Waals surface area contributed by atoms with Crippen molar-refractivity contribution >= 4 is 11.6 Å². The minimum absolute atomic E-state index is 0.108. The van der Waals surface area contributed by atoms with Gasteiger partial charge in [-0.15, -0.1) is 0 Å². The van der Waals surface area contributed by atoms with Gasteiger partial charge < -0.3 is 10.6 Å². The third kappa shape index (κ3) is 2.97. The number of carbonyl (C=O) groups is 1. The molecule has 1 aromatic heterocycles. The van der Waals surface area contributed by atoms with Crippen LogP contribution in [0, 0.1) is 6.92 Å². The first-order chi connectivity index (χ1) is 10.1. The van der Waals surface area contributed by atoms with E-state index in [4.69, 9.17) is 0 Å². The molecule has 1 amide bonds. The Morgan fingerprint density at radius 1 is 1.38 bits per heavy atom. The number of hydrogen-bond acceptors (Lipinski definition) is 3. The maximum Gasteiger partial charge on any atom is 0.224 e. The number of nitrogens with one attached hydrogen (secondary N) is 3. The van der Waals surface area contributed by atoms with E-state index in [1.54, 1.807) is 0 Å². The number of aromatic amines is 1. The molecule has 0 saturated carbocycles. The molecular formula is C16H20N4O. The lowest BCUT2D eigenvalue weighted by Crippen LogP contribution is -2.21. The molecule has 1 atom stereocenters. The van der Waals surface area contributed by atoms with Gasteiger partial charge in [0.2, 0.25) is 5.91 Å². The number of H-pyrrole nitrogens is 1. The van der Waals surface area contributed by atoms with E-state index in [0.717, 1.165) is 24.3 Å². The van der Waals surface area contributed by atoms with Gasteiger partial charge >= 0.3 is 0 Å². The first kappa shape index (κ1) is 13.8. The second-order valence-electron chi connectivity index (χ2n) is 5.59. The van der Waals surface area contributed by atoms with E-state index >= 15 is 0 Å². The van der Waals surface area contributed by atoms with Crippen molar-refractivity contribution in [1.82, 2.24) is 15.5 Å². The Morgan fingerprint density at radius 2 is 2.24 bits per heavy atom. The summed E-state index contributed by atoms with van der Waals surface area (Å²) in [6.45, 7) is 4.96. The average molecular weight is 284 g/mol. The number of rotatable bonds is 4. The van der Waals surface area contributed by atoms with Gasteiger partial charge in [-0.05, 0) is 37.5 Å².